The molecule has 1 aliphatic rings. The van der Waals surface area contributed by atoms with Crippen molar-refractivity contribution < 1.29 is 26.7 Å². The Kier molecular flexibility index (Phi) is 4.56. The Morgan fingerprint density at radius 3 is 2.50 bits per heavy atom. The first-order chi connectivity index (χ1) is 7.18. The van der Waals surface area contributed by atoms with Crippen LogP contribution in [-0.2, 0) is 7.05 Å². The highest BCUT2D eigenvalue weighted by molar-refractivity contribution is 5.92. The minimum Gasteiger partial charge on any atom is -1.00 e. The van der Waals surface area contributed by atoms with Crippen molar-refractivity contribution in [2.75, 3.05) is 33.2 Å². The Bertz CT molecular complexity index is 356. The number of piperazine rings is 1. The number of aromatic nitrogens is 1. The summed E-state index contributed by atoms with van der Waals surface area (Å²) in [6, 6.07) is 3.79. The standard InChI is InChI=1S/C11H17N3O.BrH/c1-12-6-8-14(9-7-12)11(15)10-4-3-5-13(10)2;/h3-5H,6-9H2,1-2H3;1H. The highest BCUT2D eigenvalue weighted by atomic mass is 79.9. The molecule has 1 N–H and O–H groups in total. The fraction of sp³-hybridized carbons (Fsp3) is 0.545. The number of halogens is 1. The Morgan fingerprint density at radius 1 is 1.38 bits per heavy atom. The lowest BCUT2D eigenvalue weighted by atomic mass is 10.3. The minimum absolute atomic E-state index is 0. The van der Waals surface area contributed by atoms with Gasteiger partial charge in [-0.1, -0.05) is 0 Å². The van der Waals surface area contributed by atoms with Gasteiger partial charge in [0.05, 0.1) is 33.2 Å². The van der Waals surface area contributed by atoms with Gasteiger partial charge in [0.15, 0.2) is 0 Å². The van der Waals surface area contributed by atoms with Crippen LogP contribution in [0, 0.1) is 0 Å². The molecule has 1 fully saturated rings. The average Bonchev–Trinajstić information content (AvgIpc) is 2.65. The Hall–Kier alpha value is -0.810. The van der Waals surface area contributed by atoms with Gasteiger partial charge in [0.2, 0.25) is 0 Å². The van der Waals surface area contributed by atoms with E-state index in [1.165, 1.54) is 4.90 Å². The van der Waals surface area contributed by atoms with Gasteiger partial charge >= 0.3 is 0 Å². The Balaban J connectivity index is 0.00000128. The molecule has 1 aromatic rings. The molecule has 1 amide bonds. The molecule has 0 radical (unpaired) electrons. The number of nitrogens with zero attached hydrogens (tertiary/aromatic N) is 2. The zero-order valence-corrected chi connectivity index (χ0v) is 11.3. The number of nitrogens with one attached hydrogen (secondary N) is 1. The highest BCUT2D eigenvalue weighted by Crippen LogP contribution is 2.05. The maximum atomic E-state index is 12.1. The van der Waals surface area contributed by atoms with Crippen LogP contribution in [0.1, 0.15) is 10.5 Å². The van der Waals surface area contributed by atoms with Crippen molar-refractivity contribution in [3.8, 4) is 0 Å². The van der Waals surface area contributed by atoms with Crippen LogP contribution in [0.25, 0.3) is 0 Å². The first-order valence-electron chi connectivity index (χ1n) is 5.40. The van der Waals surface area contributed by atoms with Crippen LogP contribution >= 0.6 is 0 Å². The van der Waals surface area contributed by atoms with Gasteiger partial charge in [-0.15, -0.1) is 0 Å². The van der Waals surface area contributed by atoms with E-state index in [0.717, 1.165) is 31.9 Å². The van der Waals surface area contributed by atoms with Gasteiger partial charge in [-0.05, 0) is 12.1 Å². The molecule has 0 spiro atoms. The summed E-state index contributed by atoms with van der Waals surface area (Å²) in [5, 5.41) is 0. The lowest BCUT2D eigenvalue weighted by Gasteiger charge is -2.30. The smallest absolute Gasteiger partial charge is 0.270 e. The number of likely N-dealkylation sites (N-methyl/N-ethyl adjacent to an activating group) is 1. The summed E-state index contributed by atoms with van der Waals surface area (Å²) in [7, 11) is 4.08. The maximum absolute atomic E-state index is 12.1. The fourth-order valence-electron chi connectivity index (χ4n) is 1.94. The second kappa shape index (κ2) is 5.50. The number of hydrogen-bond donors (Lipinski definition) is 1. The largest absolute Gasteiger partial charge is 1.00 e. The molecular weight excluding hydrogens is 270 g/mol. The van der Waals surface area contributed by atoms with Crippen molar-refractivity contribution in [3.05, 3.63) is 24.0 Å². The van der Waals surface area contributed by atoms with Crippen LogP contribution in [0.3, 0.4) is 0 Å². The van der Waals surface area contributed by atoms with E-state index >= 15 is 0 Å². The van der Waals surface area contributed by atoms with Gasteiger partial charge in [0.1, 0.15) is 5.69 Å². The van der Waals surface area contributed by atoms with Crippen molar-refractivity contribution >= 4 is 5.91 Å². The molecule has 0 aliphatic carbocycles. The fourth-order valence-corrected chi connectivity index (χ4v) is 1.94. The third-order valence-electron chi connectivity index (χ3n) is 3.07. The Morgan fingerprint density at radius 2 is 2.00 bits per heavy atom. The number of carbonyl (C=O) groups excluding carboxylic acids is 1. The SMILES string of the molecule is Cn1cccc1C(=O)N1CC[NH+](C)CC1.[Br-]. The molecule has 0 saturated carbocycles. The molecule has 90 valence electrons. The molecule has 1 aromatic heterocycles. The second-order valence-electron chi connectivity index (χ2n) is 4.25. The summed E-state index contributed by atoms with van der Waals surface area (Å²) in [5.74, 6) is 0.162. The number of aryl methyl sites for hydroxylation is 1. The number of hydrogen-bond acceptors (Lipinski definition) is 1. The predicted molar refractivity (Wildman–Crippen MR) is 57.9 cm³/mol. The van der Waals surface area contributed by atoms with Crippen LogP contribution in [-0.4, -0.2) is 48.6 Å². The number of rotatable bonds is 1. The quantitative estimate of drug-likeness (QED) is 0.561. The highest BCUT2D eigenvalue weighted by Gasteiger charge is 2.23. The third kappa shape index (κ3) is 2.65. The van der Waals surface area contributed by atoms with Crippen LogP contribution in [0.5, 0.6) is 0 Å². The zero-order chi connectivity index (χ0) is 10.8. The van der Waals surface area contributed by atoms with E-state index in [0.29, 0.717) is 0 Å². The van der Waals surface area contributed by atoms with Crippen molar-refractivity contribution in [1.82, 2.24) is 9.47 Å². The van der Waals surface area contributed by atoms with Crippen LogP contribution < -0.4 is 21.9 Å². The van der Waals surface area contributed by atoms with E-state index < -0.39 is 0 Å². The molecule has 2 rings (SSSR count). The summed E-state index contributed by atoms with van der Waals surface area (Å²) in [5.41, 5.74) is 0.787. The summed E-state index contributed by atoms with van der Waals surface area (Å²) in [4.78, 5) is 15.5. The van der Waals surface area contributed by atoms with Crippen LogP contribution in [0.15, 0.2) is 18.3 Å². The van der Waals surface area contributed by atoms with Crippen LogP contribution in [0.4, 0.5) is 0 Å². The van der Waals surface area contributed by atoms with E-state index in [1.54, 1.807) is 0 Å². The van der Waals surface area contributed by atoms with Gasteiger partial charge in [0, 0.05) is 13.2 Å². The van der Waals surface area contributed by atoms with Gasteiger partial charge in [-0.2, -0.15) is 0 Å². The maximum Gasteiger partial charge on any atom is 0.270 e. The first kappa shape index (κ1) is 13.3. The van der Waals surface area contributed by atoms with Crippen molar-refractivity contribution in [2.45, 2.75) is 0 Å². The molecule has 0 aromatic carbocycles. The molecule has 1 saturated heterocycles. The lowest BCUT2D eigenvalue weighted by molar-refractivity contribution is -0.883. The monoisotopic (exact) mass is 287 g/mol. The van der Waals surface area contributed by atoms with Gasteiger partial charge in [0.25, 0.3) is 5.91 Å². The molecule has 0 bridgehead atoms. The van der Waals surface area contributed by atoms with Gasteiger partial charge in [-0.3, -0.25) is 4.79 Å². The normalized spacial score (nSPS) is 17.0. The van der Waals surface area contributed by atoms with Crippen molar-refractivity contribution in [3.63, 3.8) is 0 Å². The van der Waals surface area contributed by atoms with Gasteiger partial charge < -0.3 is 31.3 Å². The molecule has 0 atom stereocenters. The van der Waals surface area contributed by atoms with Crippen molar-refractivity contribution in [1.29, 1.82) is 0 Å². The molecule has 4 nitrogen and oxygen atoms in total. The summed E-state index contributed by atoms with van der Waals surface area (Å²) in [6.07, 6.45) is 1.91. The molecule has 16 heavy (non-hydrogen) atoms. The second-order valence-corrected chi connectivity index (χ2v) is 4.25. The summed E-state index contributed by atoms with van der Waals surface area (Å²) >= 11 is 0. The van der Waals surface area contributed by atoms with Crippen molar-refractivity contribution in [2.24, 2.45) is 7.05 Å². The third-order valence-corrected chi connectivity index (χ3v) is 3.07. The molecule has 1 aliphatic heterocycles. The Labute approximate surface area is 107 Å². The zero-order valence-electron chi connectivity index (χ0n) is 9.74. The lowest BCUT2D eigenvalue weighted by Crippen LogP contribution is -3.12. The predicted octanol–water partition coefficient (Wildman–Crippen LogP) is -4.00. The van der Waals surface area contributed by atoms with E-state index in [1.807, 2.05) is 34.8 Å². The van der Waals surface area contributed by atoms with E-state index in [-0.39, 0.29) is 22.9 Å². The molecule has 0 unspecified atom stereocenters. The average molecular weight is 288 g/mol. The van der Waals surface area contributed by atoms with Gasteiger partial charge in [-0.25, -0.2) is 0 Å². The van der Waals surface area contributed by atoms with Crippen LogP contribution in [0.2, 0.25) is 0 Å². The molecule has 2 heterocycles. The number of amides is 1. The number of quaternary nitrogens is 1. The summed E-state index contributed by atoms with van der Waals surface area (Å²) < 4.78 is 1.88. The molecule has 5 heteroatoms. The topological polar surface area (TPSA) is 29.7 Å². The first-order valence-corrected chi connectivity index (χ1v) is 5.40. The van der Waals surface area contributed by atoms with E-state index in [4.69, 9.17) is 0 Å². The minimum atomic E-state index is 0. The molecular formula is C11H18BrN3O. The summed E-state index contributed by atoms with van der Waals surface area (Å²) in [6.45, 7) is 3.85. The van der Waals surface area contributed by atoms with E-state index in [9.17, 15) is 4.79 Å². The number of carbonyl (C=O) groups is 1. The van der Waals surface area contributed by atoms with E-state index in [2.05, 4.69) is 7.05 Å².